The number of aromatic nitrogens is 2. The average molecular weight is 475 g/mol. The summed E-state index contributed by atoms with van der Waals surface area (Å²) in [5.41, 5.74) is 2.95. The molecule has 0 fully saturated rings. The predicted octanol–water partition coefficient (Wildman–Crippen LogP) is 4.75. The Morgan fingerprint density at radius 2 is 1.80 bits per heavy atom. The summed E-state index contributed by atoms with van der Waals surface area (Å²) in [7, 11) is 0. The number of nitrogens with one attached hydrogen (secondary N) is 2. The highest BCUT2D eigenvalue weighted by Gasteiger charge is 2.13. The topological polar surface area (TPSA) is 103 Å². The number of hydrogen-bond donors (Lipinski definition) is 2. The Morgan fingerprint density at radius 3 is 2.54 bits per heavy atom. The average Bonchev–Trinajstić information content (AvgIpc) is 2.85. The summed E-state index contributed by atoms with van der Waals surface area (Å²) < 4.78 is 46.3. The first-order valence-corrected chi connectivity index (χ1v) is 10.2. The molecule has 0 saturated heterocycles. The molecular formula is C25H16F3N5O2. The van der Waals surface area contributed by atoms with Crippen molar-refractivity contribution in [3.63, 3.8) is 0 Å². The van der Waals surface area contributed by atoms with Crippen LogP contribution in [0.2, 0.25) is 0 Å². The van der Waals surface area contributed by atoms with E-state index in [0.717, 1.165) is 18.2 Å². The Labute approximate surface area is 197 Å². The molecule has 10 heteroatoms. The molecule has 1 aromatic heterocycles. The van der Waals surface area contributed by atoms with E-state index in [-0.39, 0.29) is 35.1 Å². The van der Waals surface area contributed by atoms with Crippen LogP contribution >= 0.6 is 0 Å². The molecule has 35 heavy (non-hydrogen) atoms. The predicted molar refractivity (Wildman–Crippen MR) is 123 cm³/mol. The van der Waals surface area contributed by atoms with Gasteiger partial charge in [-0.25, -0.2) is 23.6 Å². The fourth-order valence-corrected chi connectivity index (χ4v) is 3.13. The van der Waals surface area contributed by atoms with Crippen molar-refractivity contribution >= 4 is 12.2 Å². The van der Waals surface area contributed by atoms with Crippen LogP contribution in [0.5, 0.6) is 5.75 Å². The van der Waals surface area contributed by atoms with Crippen molar-refractivity contribution in [1.29, 1.82) is 5.26 Å². The molecule has 0 aliphatic heterocycles. The maximum Gasteiger partial charge on any atom is 0.270 e. The van der Waals surface area contributed by atoms with E-state index >= 15 is 0 Å². The van der Waals surface area contributed by atoms with Gasteiger partial charge in [0.15, 0.2) is 0 Å². The zero-order valence-electron chi connectivity index (χ0n) is 17.9. The van der Waals surface area contributed by atoms with Crippen molar-refractivity contribution in [1.82, 2.24) is 9.97 Å². The van der Waals surface area contributed by atoms with Gasteiger partial charge in [0.25, 0.3) is 5.56 Å². The van der Waals surface area contributed by atoms with Crippen LogP contribution < -0.4 is 15.7 Å². The van der Waals surface area contributed by atoms with Gasteiger partial charge in [-0.1, -0.05) is 30.3 Å². The molecule has 0 saturated carbocycles. The van der Waals surface area contributed by atoms with Gasteiger partial charge in [0.2, 0.25) is 5.95 Å². The van der Waals surface area contributed by atoms with Gasteiger partial charge in [0, 0.05) is 28.8 Å². The number of ether oxygens (including phenoxy) is 1. The molecular weight excluding hydrogens is 459 g/mol. The van der Waals surface area contributed by atoms with Crippen molar-refractivity contribution in [2.24, 2.45) is 5.10 Å². The molecule has 0 amide bonds. The third-order valence-electron chi connectivity index (χ3n) is 4.83. The Bertz CT molecular complexity index is 1500. The Morgan fingerprint density at radius 1 is 1.06 bits per heavy atom. The second-order valence-corrected chi connectivity index (χ2v) is 7.19. The summed E-state index contributed by atoms with van der Waals surface area (Å²) in [5.74, 6) is -2.06. The Balaban J connectivity index is 1.55. The number of rotatable bonds is 7. The van der Waals surface area contributed by atoms with Gasteiger partial charge >= 0.3 is 0 Å². The lowest BCUT2D eigenvalue weighted by atomic mass is 10.1. The normalized spacial score (nSPS) is 10.8. The molecule has 0 aliphatic carbocycles. The maximum atomic E-state index is 13.9. The summed E-state index contributed by atoms with van der Waals surface area (Å²) in [6.45, 7) is -0.269. The van der Waals surface area contributed by atoms with Gasteiger partial charge in [-0.15, -0.1) is 0 Å². The quantitative estimate of drug-likeness (QED) is 0.297. The van der Waals surface area contributed by atoms with Crippen LogP contribution in [0, 0.1) is 28.8 Å². The number of anilines is 1. The number of benzene rings is 3. The van der Waals surface area contributed by atoms with Crippen LogP contribution in [-0.2, 0) is 6.61 Å². The fraction of sp³-hybridized carbons (Fsp3) is 0.0400. The second-order valence-electron chi connectivity index (χ2n) is 7.19. The van der Waals surface area contributed by atoms with Crippen LogP contribution in [0.3, 0.4) is 0 Å². The Kier molecular flexibility index (Phi) is 6.88. The van der Waals surface area contributed by atoms with Gasteiger partial charge in [0.1, 0.15) is 41.4 Å². The van der Waals surface area contributed by atoms with Crippen molar-refractivity contribution in [2.75, 3.05) is 5.43 Å². The lowest BCUT2D eigenvalue weighted by Gasteiger charge is -2.10. The molecule has 4 rings (SSSR count). The highest BCUT2D eigenvalue weighted by Crippen LogP contribution is 2.22. The molecule has 3 aromatic carbocycles. The largest absolute Gasteiger partial charge is 0.488 e. The zero-order chi connectivity index (χ0) is 24.8. The van der Waals surface area contributed by atoms with E-state index in [2.05, 4.69) is 20.5 Å². The lowest BCUT2D eigenvalue weighted by molar-refractivity contribution is 0.297. The summed E-state index contributed by atoms with van der Waals surface area (Å²) in [4.78, 5) is 19.0. The van der Waals surface area contributed by atoms with E-state index < -0.39 is 23.0 Å². The number of nitrogens with zero attached hydrogens (tertiary/aromatic N) is 3. The first-order chi connectivity index (χ1) is 16.9. The molecule has 7 nitrogen and oxygen atoms in total. The lowest BCUT2D eigenvalue weighted by Crippen LogP contribution is -2.16. The minimum atomic E-state index is -0.789. The molecule has 174 valence electrons. The van der Waals surface area contributed by atoms with Crippen molar-refractivity contribution in [3.05, 3.63) is 111 Å². The molecule has 2 N–H and O–H groups in total. The smallest absolute Gasteiger partial charge is 0.270 e. The number of hydrogen-bond acceptors (Lipinski definition) is 6. The molecule has 0 bridgehead atoms. The molecule has 0 unspecified atom stereocenters. The van der Waals surface area contributed by atoms with E-state index in [1.807, 2.05) is 6.07 Å². The van der Waals surface area contributed by atoms with E-state index in [4.69, 9.17) is 4.74 Å². The fourth-order valence-electron chi connectivity index (χ4n) is 3.13. The molecule has 0 spiro atoms. The number of hydrazone groups is 1. The van der Waals surface area contributed by atoms with Crippen molar-refractivity contribution in [2.45, 2.75) is 6.61 Å². The summed E-state index contributed by atoms with van der Waals surface area (Å²) in [6.07, 6.45) is 1.29. The first-order valence-electron chi connectivity index (χ1n) is 10.2. The minimum Gasteiger partial charge on any atom is -0.488 e. The summed E-state index contributed by atoms with van der Waals surface area (Å²) in [5, 5.41) is 13.3. The van der Waals surface area contributed by atoms with E-state index in [1.54, 1.807) is 30.3 Å². The van der Waals surface area contributed by atoms with Gasteiger partial charge in [0.05, 0.1) is 11.9 Å². The van der Waals surface area contributed by atoms with E-state index in [9.17, 15) is 23.2 Å². The van der Waals surface area contributed by atoms with Crippen molar-refractivity contribution in [3.8, 4) is 23.1 Å². The highest BCUT2D eigenvalue weighted by molar-refractivity contribution is 5.84. The number of nitriles is 1. The zero-order valence-corrected chi connectivity index (χ0v) is 17.9. The first kappa shape index (κ1) is 23.3. The monoisotopic (exact) mass is 475 g/mol. The highest BCUT2D eigenvalue weighted by atomic mass is 19.1. The van der Waals surface area contributed by atoms with E-state index in [1.165, 1.54) is 24.4 Å². The van der Waals surface area contributed by atoms with Crippen LogP contribution in [0.15, 0.2) is 76.6 Å². The molecule has 1 heterocycles. The molecule has 0 atom stereocenters. The van der Waals surface area contributed by atoms with Crippen LogP contribution in [0.1, 0.15) is 16.7 Å². The maximum absolute atomic E-state index is 13.9. The number of halogens is 3. The number of aromatic amines is 1. The number of H-pyrrole nitrogens is 1. The summed E-state index contributed by atoms with van der Waals surface area (Å²) >= 11 is 0. The van der Waals surface area contributed by atoms with Gasteiger partial charge in [-0.05, 0) is 24.3 Å². The SMILES string of the molecule is N#Cc1c(-c2ccccc2)nc(NN=Cc2ccc(F)cc2OCc2ccc(F)cc2F)[nH]c1=O. The van der Waals surface area contributed by atoms with Gasteiger partial charge in [-0.3, -0.25) is 9.78 Å². The third-order valence-corrected chi connectivity index (χ3v) is 4.83. The molecule has 0 aliphatic rings. The van der Waals surface area contributed by atoms with Gasteiger partial charge in [-0.2, -0.15) is 10.4 Å². The summed E-state index contributed by atoms with van der Waals surface area (Å²) in [6, 6.07) is 17.3. The molecule has 4 aromatic rings. The molecule has 0 radical (unpaired) electrons. The second kappa shape index (κ2) is 10.4. The minimum absolute atomic E-state index is 0.0259. The van der Waals surface area contributed by atoms with Gasteiger partial charge < -0.3 is 4.74 Å². The van der Waals surface area contributed by atoms with E-state index in [0.29, 0.717) is 11.1 Å². The Hall–Kier alpha value is -4.91. The van der Waals surface area contributed by atoms with Crippen LogP contribution in [0.25, 0.3) is 11.3 Å². The van der Waals surface area contributed by atoms with Crippen LogP contribution in [-0.4, -0.2) is 16.2 Å². The third kappa shape index (κ3) is 5.54. The standard InChI is InChI=1S/C25H16F3N5O2/c26-18-9-7-17(21(28)10-18)14-35-22-11-19(27)8-6-16(22)13-30-33-25-31-23(15-4-2-1-3-5-15)20(12-29)24(34)32-25/h1-11,13H,14H2,(H2,31,32,33,34). The van der Waals surface area contributed by atoms with Crippen LogP contribution in [0.4, 0.5) is 19.1 Å². The van der Waals surface area contributed by atoms with Crippen molar-refractivity contribution < 1.29 is 17.9 Å².